The number of nitrogens with two attached hydrogens (primary N) is 1. The predicted molar refractivity (Wildman–Crippen MR) is 59.4 cm³/mol. The van der Waals surface area contributed by atoms with Gasteiger partial charge >= 0.3 is 0 Å². The zero-order chi connectivity index (χ0) is 10.7. The largest absolute Gasteiger partial charge is 0.341 e. The lowest BCUT2D eigenvalue weighted by molar-refractivity contribution is -0.135. The summed E-state index contributed by atoms with van der Waals surface area (Å²) in [7, 11) is 0. The van der Waals surface area contributed by atoms with Gasteiger partial charge in [0.2, 0.25) is 5.91 Å². The van der Waals surface area contributed by atoms with E-state index in [9.17, 15) is 4.79 Å². The normalized spacial score (nSPS) is 32.7. The Kier molecular flexibility index (Phi) is 3.59. The Morgan fingerprint density at radius 1 is 1.20 bits per heavy atom. The molecule has 1 saturated heterocycles. The summed E-state index contributed by atoms with van der Waals surface area (Å²) in [6.45, 7) is 3.70. The number of carbonyl (C=O) groups is 1. The first-order chi connectivity index (χ1) is 7.29. The van der Waals surface area contributed by atoms with Crippen LogP contribution in [0.1, 0.15) is 25.7 Å². The van der Waals surface area contributed by atoms with Gasteiger partial charge in [0.1, 0.15) is 0 Å². The molecule has 2 fully saturated rings. The smallest absolute Gasteiger partial charge is 0.227 e. The third kappa shape index (κ3) is 2.49. The van der Waals surface area contributed by atoms with Gasteiger partial charge < -0.3 is 16.0 Å². The molecule has 1 aliphatic carbocycles. The molecule has 4 nitrogen and oxygen atoms in total. The quantitative estimate of drug-likeness (QED) is 0.638. The van der Waals surface area contributed by atoms with E-state index in [4.69, 9.17) is 5.73 Å². The molecular formula is C11H21N3O. The third-order valence-electron chi connectivity index (χ3n) is 3.54. The van der Waals surface area contributed by atoms with Gasteiger partial charge in [-0.3, -0.25) is 4.79 Å². The van der Waals surface area contributed by atoms with Crippen LogP contribution in [0.25, 0.3) is 0 Å². The minimum absolute atomic E-state index is 0.100. The molecule has 0 aromatic rings. The highest BCUT2D eigenvalue weighted by atomic mass is 16.2. The highest BCUT2D eigenvalue weighted by molar-refractivity contribution is 5.80. The second-order valence-electron chi connectivity index (χ2n) is 4.63. The van der Waals surface area contributed by atoms with Crippen LogP contribution in [-0.2, 0) is 4.79 Å². The highest BCUT2D eigenvalue weighted by Crippen LogP contribution is 2.25. The summed E-state index contributed by atoms with van der Waals surface area (Å²) >= 11 is 0. The molecule has 15 heavy (non-hydrogen) atoms. The minimum Gasteiger partial charge on any atom is -0.341 e. The van der Waals surface area contributed by atoms with Gasteiger partial charge in [0.05, 0.1) is 5.92 Å². The standard InChI is InChI=1S/C11H21N3O/c12-10-4-1-3-9(10)11(15)14-7-2-5-13-6-8-14/h9-10,13H,1-8,12H2. The molecule has 0 radical (unpaired) electrons. The van der Waals surface area contributed by atoms with Gasteiger partial charge in [0.25, 0.3) is 0 Å². The van der Waals surface area contributed by atoms with E-state index in [1.165, 1.54) is 0 Å². The molecule has 0 bridgehead atoms. The fourth-order valence-electron chi connectivity index (χ4n) is 2.60. The summed E-state index contributed by atoms with van der Waals surface area (Å²) < 4.78 is 0. The van der Waals surface area contributed by atoms with Crippen molar-refractivity contribution in [2.75, 3.05) is 26.2 Å². The number of nitrogens with one attached hydrogen (secondary N) is 1. The van der Waals surface area contributed by atoms with Crippen LogP contribution in [0.15, 0.2) is 0 Å². The molecule has 1 saturated carbocycles. The van der Waals surface area contributed by atoms with Crippen LogP contribution in [0, 0.1) is 5.92 Å². The second-order valence-corrected chi connectivity index (χ2v) is 4.63. The van der Waals surface area contributed by atoms with Crippen LogP contribution in [0.2, 0.25) is 0 Å². The first kappa shape index (κ1) is 10.9. The number of amides is 1. The molecule has 2 rings (SSSR count). The molecule has 1 amide bonds. The fourth-order valence-corrected chi connectivity index (χ4v) is 2.60. The van der Waals surface area contributed by atoms with Crippen LogP contribution >= 0.6 is 0 Å². The van der Waals surface area contributed by atoms with E-state index >= 15 is 0 Å². The summed E-state index contributed by atoms with van der Waals surface area (Å²) in [6.07, 6.45) is 4.18. The van der Waals surface area contributed by atoms with Gasteiger partial charge in [-0.25, -0.2) is 0 Å². The maximum Gasteiger partial charge on any atom is 0.227 e. The second kappa shape index (κ2) is 4.94. The molecule has 1 aliphatic heterocycles. The Morgan fingerprint density at radius 2 is 2.07 bits per heavy atom. The molecule has 0 spiro atoms. The van der Waals surface area contributed by atoms with Gasteiger partial charge in [-0.15, -0.1) is 0 Å². The van der Waals surface area contributed by atoms with E-state index in [0.717, 1.165) is 51.9 Å². The third-order valence-corrected chi connectivity index (χ3v) is 3.54. The van der Waals surface area contributed by atoms with Gasteiger partial charge in [-0.1, -0.05) is 6.42 Å². The molecule has 86 valence electrons. The number of hydrogen-bond donors (Lipinski definition) is 2. The van der Waals surface area contributed by atoms with E-state index in [1.54, 1.807) is 0 Å². The Balaban J connectivity index is 1.93. The van der Waals surface area contributed by atoms with Crippen molar-refractivity contribution in [1.29, 1.82) is 0 Å². The Hall–Kier alpha value is -0.610. The minimum atomic E-state index is 0.100. The van der Waals surface area contributed by atoms with Crippen molar-refractivity contribution in [3.8, 4) is 0 Å². The number of nitrogens with zero attached hydrogens (tertiary/aromatic N) is 1. The predicted octanol–water partition coefficient (Wildman–Crippen LogP) is -0.0643. The first-order valence-corrected chi connectivity index (χ1v) is 6.04. The summed E-state index contributed by atoms with van der Waals surface area (Å²) in [5.41, 5.74) is 5.96. The van der Waals surface area contributed by atoms with Crippen LogP contribution in [0.4, 0.5) is 0 Å². The van der Waals surface area contributed by atoms with E-state index in [2.05, 4.69) is 5.32 Å². The van der Waals surface area contributed by atoms with E-state index < -0.39 is 0 Å². The molecule has 2 atom stereocenters. The lowest BCUT2D eigenvalue weighted by atomic mass is 10.0. The molecular weight excluding hydrogens is 190 g/mol. The summed E-state index contributed by atoms with van der Waals surface area (Å²) in [5, 5.41) is 3.31. The van der Waals surface area contributed by atoms with Crippen molar-refractivity contribution in [3.63, 3.8) is 0 Å². The van der Waals surface area contributed by atoms with Crippen molar-refractivity contribution < 1.29 is 4.79 Å². The Labute approximate surface area is 91.2 Å². The van der Waals surface area contributed by atoms with E-state index in [1.807, 2.05) is 4.90 Å². The molecule has 0 aromatic carbocycles. The molecule has 3 N–H and O–H groups in total. The number of hydrogen-bond acceptors (Lipinski definition) is 3. The number of rotatable bonds is 1. The Bertz CT molecular complexity index is 224. The number of carbonyl (C=O) groups excluding carboxylic acids is 1. The van der Waals surface area contributed by atoms with Gasteiger partial charge in [0, 0.05) is 25.7 Å². The average Bonchev–Trinajstić information content (AvgIpc) is 2.53. The van der Waals surface area contributed by atoms with Crippen LogP contribution < -0.4 is 11.1 Å². The van der Waals surface area contributed by atoms with Crippen LogP contribution in [-0.4, -0.2) is 43.0 Å². The highest BCUT2D eigenvalue weighted by Gasteiger charge is 2.33. The van der Waals surface area contributed by atoms with Crippen LogP contribution in [0.3, 0.4) is 0 Å². The topological polar surface area (TPSA) is 58.4 Å². The van der Waals surface area contributed by atoms with Crippen LogP contribution in [0.5, 0.6) is 0 Å². The zero-order valence-electron chi connectivity index (χ0n) is 9.24. The SMILES string of the molecule is NC1CCCC1C(=O)N1CCCNCC1. The summed E-state index contributed by atoms with van der Waals surface area (Å²) in [4.78, 5) is 14.2. The molecule has 4 heteroatoms. The Morgan fingerprint density at radius 3 is 2.80 bits per heavy atom. The maximum atomic E-state index is 12.2. The van der Waals surface area contributed by atoms with Gasteiger partial charge in [0.15, 0.2) is 0 Å². The van der Waals surface area contributed by atoms with Crippen molar-refractivity contribution in [2.45, 2.75) is 31.7 Å². The van der Waals surface area contributed by atoms with E-state index in [-0.39, 0.29) is 12.0 Å². The fraction of sp³-hybridized carbons (Fsp3) is 0.909. The van der Waals surface area contributed by atoms with Gasteiger partial charge in [-0.2, -0.15) is 0 Å². The van der Waals surface area contributed by atoms with Crippen molar-refractivity contribution in [3.05, 3.63) is 0 Å². The van der Waals surface area contributed by atoms with Crippen molar-refractivity contribution in [1.82, 2.24) is 10.2 Å². The molecule has 1 heterocycles. The summed E-state index contributed by atoms with van der Waals surface area (Å²) in [6, 6.07) is 0.105. The maximum absolute atomic E-state index is 12.2. The summed E-state index contributed by atoms with van der Waals surface area (Å²) in [5.74, 6) is 0.395. The molecule has 2 unspecified atom stereocenters. The first-order valence-electron chi connectivity index (χ1n) is 6.04. The molecule has 0 aromatic heterocycles. The lowest BCUT2D eigenvalue weighted by Gasteiger charge is -2.25. The van der Waals surface area contributed by atoms with Crippen molar-refractivity contribution >= 4 is 5.91 Å². The monoisotopic (exact) mass is 211 g/mol. The zero-order valence-corrected chi connectivity index (χ0v) is 9.24. The average molecular weight is 211 g/mol. The van der Waals surface area contributed by atoms with Gasteiger partial charge in [-0.05, 0) is 25.8 Å². The molecule has 2 aliphatic rings. The van der Waals surface area contributed by atoms with Crippen molar-refractivity contribution in [2.24, 2.45) is 11.7 Å². The lowest BCUT2D eigenvalue weighted by Crippen LogP contribution is -2.43. The van der Waals surface area contributed by atoms with E-state index in [0.29, 0.717) is 5.91 Å².